The number of hydrogen-bond donors (Lipinski definition) is 21. The van der Waals surface area contributed by atoms with Crippen LogP contribution in [0.4, 0.5) is 0 Å². The number of unbranched alkanes of at least 4 members (excludes halogenated alkanes) is 5. The van der Waals surface area contributed by atoms with Gasteiger partial charge in [0.2, 0.25) is 65.6 Å². The molecule has 127 heavy (non-hydrogen) atoms. The largest absolute Gasteiger partial charge is 0.508 e. The number of amides is 8. The molecule has 15 rings (SSSR count). The molecule has 2 fully saturated rings. The Balaban J connectivity index is 1.04. The number of benzene rings is 7. The first-order chi connectivity index (χ1) is 60.7. The molecular weight excluding hydrogens is 1700 g/mol. The van der Waals surface area contributed by atoms with Crippen molar-refractivity contribution in [1.29, 1.82) is 0 Å². The Morgan fingerprint density at radius 3 is 1.86 bits per heavy atom. The quantitative estimate of drug-likeness (QED) is 0.0425. The molecule has 7 aromatic rings. The monoisotopic (exact) mass is 1800 g/mol. The van der Waals surface area contributed by atoms with Gasteiger partial charge in [0, 0.05) is 48.2 Å². The zero-order valence-electron chi connectivity index (χ0n) is 69.5. The van der Waals surface area contributed by atoms with E-state index in [1.807, 2.05) is 4.90 Å². The van der Waals surface area contributed by atoms with E-state index < -0.39 is 254 Å². The Bertz CT molecular complexity index is 5240. The molecule has 0 aliphatic carbocycles. The number of carbonyl (C=O) groups is 8. The molecule has 8 heterocycles. The number of phenolic OH excluding ortho intramolecular Hbond substituents is 4. The summed E-state index contributed by atoms with van der Waals surface area (Å²) < 4.78 is 44.9. The maximum atomic E-state index is 16.8. The van der Waals surface area contributed by atoms with Crippen molar-refractivity contribution in [2.75, 3.05) is 47.4 Å². The normalized spacial score (nSPS) is 26.0. The highest BCUT2D eigenvalue weighted by atomic mass is 35.5. The molecule has 39 heteroatoms. The second-order valence-corrected chi connectivity index (χ2v) is 33.4. The third-order valence-corrected chi connectivity index (χ3v) is 23.5. The first-order valence-electron chi connectivity index (χ1n) is 41.5. The van der Waals surface area contributed by atoms with Crippen molar-refractivity contribution in [2.24, 2.45) is 5.92 Å². The third kappa shape index (κ3) is 21.2. The van der Waals surface area contributed by atoms with Gasteiger partial charge in [-0.05, 0) is 153 Å². The van der Waals surface area contributed by atoms with Crippen molar-refractivity contribution in [3.05, 3.63) is 164 Å². The first kappa shape index (κ1) is 93.2. The van der Waals surface area contributed by atoms with Crippen LogP contribution in [0.3, 0.4) is 0 Å². The van der Waals surface area contributed by atoms with Gasteiger partial charge < -0.3 is 147 Å². The average Bonchev–Trinajstić information content (AvgIpc) is 0.759. The molecule has 8 amide bonds. The highest BCUT2D eigenvalue weighted by Gasteiger charge is 2.50. The molecule has 21 N–H and O–H groups in total. The molecule has 0 saturated carbocycles. The molecular formula is C88H102Cl2N10O27. The summed E-state index contributed by atoms with van der Waals surface area (Å²) in [5.41, 5.74) is -2.44. The van der Waals surface area contributed by atoms with E-state index in [2.05, 4.69) is 61.7 Å². The smallest absolute Gasteiger partial charge is 0.248 e. The van der Waals surface area contributed by atoms with E-state index in [0.29, 0.717) is 37.3 Å². The van der Waals surface area contributed by atoms with Gasteiger partial charge in [-0.3, -0.25) is 38.4 Å². The number of aliphatic hydroxyl groups excluding tert-OH is 8. The fraction of sp³-hybridized carbons (Fsp3) is 0.432. The fourth-order valence-corrected chi connectivity index (χ4v) is 16.4. The number of nitrogens with one attached hydrogen (secondary N) is 9. The lowest BCUT2D eigenvalue weighted by molar-refractivity contribution is -0.277. The standard InChI is InChI=1S/C88H102Cl2N10O27/c1-39(2)13-10-8-6-7-9-11-14-63(107)94-72-76(111)74(109)61(37-101)125-87(72)127-79-59-31-44-32-60(79)123-56-24-19-43(29-51(56)89)73(108)71-86(120)98-69(81(115)92-25-12-26-100(4)5)49-33-45(103)34-58(124-88-78(113)77(112)75(110)62(38-102)126-88)64(49)48-28-41(17-22-53(48)104)67(83(117)99-71)95-84(118)68(44)96-85(119)70-50-35-47(36-55(106)65(50)90)122-57-30-42(18-23-54(57)105)66(91-3)82(116)93-52(80(114)97-70)27-40-15-20-46(121-59)21-16-40/h15-24,28-36,39,52,61-62,66-78,87-88,91,101-106,108-113H,6-14,25-27,37-38H2,1-5H3,(H,92,115)(H,93,116)(H,94,107)(H,95,118)(H,96,119)(H,97,114)(H,98,120)(H,99,117)/t52-,61-,62-,66-,67-,68-,69+,70+,71+,72+,73-,74-,75-,76-,77+,78+,87+,88+/m1/s1. The number of aromatic hydroxyl groups is 4. The van der Waals surface area contributed by atoms with E-state index >= 15 is 28.8 Å². The Labute approximate surface area is 737 Å². The predicted molar refractivity (Wildman–Crippen MR) is 452 cm³/mol. The van der Waals surface area contributed by atoms with E-state index in [4.69, 9.17) is 56.4 Å². The lowest BCUT2D eigenvalue weighted by Crippen LogP contribution is -2.65. The molecule has 8 aliphatic heterocycles. The molecule has 8 aliphatic rings. The molecule has 0 aromatic heterocycles. The number of carbonyl (C=O) groups excluding carboxylic acids is 8. The first-order valence-corrected chi connectivity index (χ1v) is 42.3. The van der Waals surface area contributed by atoms with Crippen LogP contribution in [0, 0.1) is 5.92 Å². The van der Waals surface area contributed by atoms with Gasteiger partial charge in [-0.25, -0.2) is 0 Å². The summed E-state index contributed by atoms with van der Waals surface area (Å²) in [5, 5.41) is 162. The number of fused-ring (bicyclic) bond motifs is 14. The van der Waals surface area contributed by atoms with Crippen molar-refractivity contribution in [3.63, 3.8) is 0 Å². The second kappa shape index (κ2) is 40.7. The van der Waals surface area contributed by atoms with E-state index in [9.17, 15) is 70.9 Å². The predicted octanol–water partition coefficient (Wildman–Crippen LogP) is 4.08. The van der Waals surface area contributed by atoms with Gasteiger partial charge in [-0.1, -0.05) is 106 Å². The summed E-state index contributed by atoms with van der Waals surface area (Å²) in [6, 6.07) is 6.60. The maximum Gasteiger partial charge on any atom is 0.248 e. The Morgan fingerprint density at radius 1 is 0.543 bits per heavy atom. The molecule has 2 saturated heterocycles. The Kier molecular flexibility index (Phi) is 29.9. The third-order valence-electron chi connectivity index (χ3n) is 22.8. The van der Waals surface area contributed by atoms with Gasteiger partial charge in [0.25, 0.3) is 0 Å². The zero-order chi connectivity index (χ0) is 91.1. The number of nitrogens with zero attached hydrogens (tertiary/aromatic N) is 1. The summed E-state index contributed by atoms with van der Waals surface area (Å²) in [7, 11) is 4.98. The number of aliphatic hydroxyl groups is 8. The molecule has 17 bridgehead atoms. The molecule has 18 atom stereocenters. The molecule has 0 spiro atoms. The zero-order valence-corrected chi connectivity index (χ0v) is 71.0. The number of likely N-dealkylation sites (N-methyl/N-ethyl adjacent to an activating group) is 1. The van der Waals surface area contributed by atoms with Crippen LogP contribution in [-0.4, -0.2) is 234 Å². The number of ether oxygens (including phenoxy) is 7. The summed E-state index contributed by atoms with van der Waals surface area (Å²) >= 11 is 14.3. The highest BCUT2D eigenvalue weighted by molar-refractivity contribution is 6.33. The second-order valence-electron chi connectivity index (χ2n) is 32.7. The minimum atomic E-state index is -2.40. The van der Waals surface area contributed by atoms with E-state index in [-0.39, 0.29) is 59.1 Å². The van der Waals surface area contributed by atoms with Crippen molar-refractivity contribution >= 4 is 70.5 Å². The Morgan fingerprint density at radius 2 is 1.17 bits per heavy atom. The maximum absolute atomic E-state index is 16.8. The number of hydrogen-bond acceptors (Lipinski definition) is 29. The topological polar surface area (TPSA) is 555 Å². The number of phenols is 4. The number of rotatable bonds is 22. The van der Waals surface area contributed by atoms with Gasteiger partial charge in [0.1, 0.15) is 137 Å². The van der Waals surface area contributed by atoms with Crippen molar-refractivity contribution in [3.8, 4) is 80.1 Å². The minimum Gasteiger partial charge on any atom is -0.508 e. The average molecular weight is 1800 g/mol. The van der Waals surface area contributed by atoms with Gasteiger partial charge in [0.15, 0.2) is 23.0 Å². The van der Waals surface area contributed by atoms with Gasteiger partial charge in [-0.15, -0.1) is 0 Å². The lowest BCUT2D eigenvalue weighted by Gasteiger charge is -2.42. The van der Waals surface area contributed by atoms with Gasteiger partial charge in [-0.2, -0.15) is 0 Å². The van der Waals surface area contributed by atoms with Crippen LogP contribution >= 0.6 is 23.2 Å². The molecule has 0 radical (unpaired) electrons. The van der Waals surface area contributed by atoms with Crippen LogP contribution in [0.1, 0.15) is 147 Å². The molecule has 37 nitrogen and oxygen atoms in total. The summed E-state index contributed by atoms with van der Waals surface area (Å²) in [4.78, 5) is 127. The van der Waals surface area contributed by atoms with Crippen LogP contribution in [0.25, 0.3) is 11.1 Å². The molecule has 0 unspecified atom stereocenters. The van der Waals surface area contributed by atoms with Gasteiger partial charge >= 0.3 is 0 Å². The summed E-state index contributed by atoms with van der Waals surface area (Å²) in [6.07, 6.45) is -13.8. The highest BCUT2D eigenvalue weighted by Crippen LogP contribution is 2.51. The Hall–Kier alpha value is -11.4. The molecule has 680 valence electrons. The van der Waals surface area contributed by atoms with Crippen molar-refractivity contribution in [2.45, 2.75) is 188 Å². The van der Waals surface area contributed by atoms with Crippen molar-refractivity contribution in [1.82, 2.24) is 52.8 Å². The van der Waals surface area contributed by atoms with Crippen LogP contribution in [-0.2, 0) is 54.3 Å². The van der Waals surface area contributed by atoms with E-state index in [1.54, 1.807) is 14.1 Å². The van der Waals surface area contributed by atoms with Crippen LogP contribution in [0.5, 0.6) is 69.0 Å². The summed E-state index contributed by atoms with van der Waals surface area (Å²) in [6.45, 7) is 2.73. The van der Waals surface area contributed by atoms with Crippen molar-refractivity contribution < 1.29 is 133 Å². The summed E-state index contributed by atoms with van der Waals surface area (Å²) in [5.74, 6) is -14.9. The van der Waals surface area contributed by atoms with Crippen LogP contribution in [0.2, 0.25) is 10.0 Å². The minimum absolute atomic E-state index is 0.0760. The SMILES string of the molecule is CN[C@H]1C(=O)N[C@@H]2Cc3ccc(cc3)Oc3cc4cc(c3O[C@@H]3O[C@H](CO)[C@@H](O)[C@H](O)[C@@H]3NC(=O)CCCCCCCCC(C)C)Oc3ccc(cc3Cl)[C@@H](O)[C@@H]3NC(=O)[C@H](NC(=O)[C@@H]4NC(=O)[C@@H](NC2=O)c2cc(cc(O)c2Cl)Oc2cc1ccc2O)c1ccc(O)c(c1)-c1c(O[C@H]2O[C@H](CO)[C@@H](O)[C@H](O)[C@@H]2O)cc(O)cc1[C@@H](C(=O)NCCCN(C)C)NC3=O. The van der Waals surface area contributed by atoms with E-state index in [1.165, 1.54) is 61.6 Å². The fourth-order valence-electron chi connectivity index (χ4n) is 15.9. The van der Waals surface area contributed by atoms with E-state index in [0.717, 1.165) is 92.8 Å². The molecule has 7 aromatic carbocycles. The number of halogens is 2. The lowest BCUT2D eigenvalue weighted by atomic mass is 9.89. The van der Waals surface area contributed by atoms with Crippen LogP contribution < -0.4 is 71.5 Å². The van der Waals surface area contributed by atoms with Gasteiger partial charge in [0.05, 0.1) is 23.3 Å². The van der Waals surface area contributed by atoms with Crippen LogP contribution in [0.15, 0.2) is 115 Å².